The molecular weight excluding hydrogens is 376 g/mol. The first-order valence-corrected chi connectivity index (χ1v) is 11.0. The minimum Gasteiger partial charge on any atom is -0.497 e. The second-order valence-corrected chi connectivity index (χ2v) is 8.78. The molecule has 1 unspecified atom stereocenters. The Morgan fingerprint density at radius 1 is 1.07 bits per heavy atom. The molecule has 0 bridgehead atoms. The van der Waals surface area contributed by atoms with E-state index in [-0.39, 0.29) is 6.10 Å². The zero-order valence-corrected chi connectivity index (χ0v) is 18.6. The summed E-state index contributed by atoms with van der Waals surface area (Å²) in [6.45, 7) is 9.76. The zero-order valence-electron chi connectivity index (χ0n) is 18.6. The van der Waals surface area contributed by atoms with Crippen LogP contribution in [-0.4, -0.2) is 69.0 Å². The van der Waals surface area contributed by atoms with Gasteiger partial charge in [0.15, 0.2) is 0 Å². The number of hydrogen-bond donors (Lipinski definition) is 0. The molecule has 2 heterocycles. The molecule has 1 fully saturated rings. The number of likely N-dealkylation sites (N-methyl/N-ethyl adjacent to an activating group) is 1. The molecule has 0 aromatic heterocycles. The van der Waals surface area contributed by atoms with E-state index in [1.54, 1.807) is 7.11 Å². The van der Waals surface area contributed by atoms with Gasteiger partial charge in [-0.15, -0.1) is 0 Å². The van der Waals surface area contributed by atoms with Gasteiger partial charge in [0, 0.05) is 38.1 Å². The summed E-state index contributed by atoms with van der Waals surface area (Å²) in [5.74, 6) is 2.19. The van der Waals surface area contributed by atoms with Gasteiger partial charge >= 0.3 is 0 Å². The standard InChI is InChI=1S/C25H34N2O3/c1-18(2)27-11-12-29-23(15-27)17-30-22-9-10-24-20(13-22)14-26(3)16-25(24)19-5-7-21(28-4)8-6-19/h5-10,13,18,23,25H,11-12,14-17H2,1-4H3/t23-,25?/m0/s1. The van der Waals surface area contributed by atoms with Gasteiger partial charge in [-0.25, -0.2) is 0 Å². The summed E-state index contributed by atoms with van der Waals surface area (Å²) in [6.07, 6.45) is 0.131. The van der Waals surface area contributed by atoms with Crippen LogP contribution < -0.4 is 9.47 Å². The van der Waals surface area contributed by atoms with Crippen molar-refractivity contribution in [2.24, 2.45) is 0 Å². The molecular formula is C25H34N2O3. The van der Waals surface area contributed by atoms with Crippen molar-refractivity contribution in [1.29, 1.82) is 0 Å². The number of benzene rings is 2. The second kappa shape index (κ2) is 9.38. The molecule has 162 valence electrons. The maximum Gasteiger partial charge on any atom is 0.119 e. The van der Waals surface area contributed by atoms with Crippen molar-refractivity contribution in [3.8, 4) is 11.5 Å². The van der Waals surface area contributed by atoms with Gasteiger partial charge in [0.05, 0.1) is 13.7 Å². The van der Waals surface area contributed by atoms with Crippen molar-refractivity contribution in [2.75, 3.05) is 47.0 Å². The highest BCUT2D eigenvalue weighted by atomic mass is 16.5. The molecule has 0 N–H and O–H groups in total. The highest BCUT2D eigenvalue weighted by Gasteiger charge is 2.26. The van der Waals surface area contributed by atoms with Gasteiger partial charge < -0.3 is 19.1 Å². The fourth-order valence-corrected chi connectivity index (χ4v) is 4.54. The molecule has 4 rings (SSSR count). The zero-order chi connectivity index (χ0) is 21.1. The fraction of sp³-hybridized carbons (Fsp3) is 0.520. The normalized spacial score (nSPS) is 22.7. The molecule has 2 aromatic carbocycles. The number of fused-ring (bicyclic) bond motifs is 1. The van der Waals surface area contributed by atoms with Crippen molar-refractivity contribution < 1.29 is 14.2 Å². The van der Waals surface area contributed by atoms with Crippen LogP contribution in [0.15, 0.2) is 42.5 Å². The monoisotopic (exact) mass is 410 g/mol. The van der Waals surface area contributed by atoms with Crippen LogP contribution in [0.1, 0.15) is 36.5 Å². The average Bonchev–Trinajstić information content (AvgIpc) is 2.77. The summed E-state index contributed by atoms with van der Waals surface area (Å²) in [6, 6.07) is 15.6. The van der Waals surface area contributed by atoms with Gasteiger partial charge in [0.2, 0.25) is 0 Å². The SMILES string of the molecule is COc1ccc(C2CN(C)Cc3cc(OC[C@@H]4CN(C(C)C)CCO4)ccc32)cc1. The van der Waals surface area contributed by atoms with Crippen LogP contribution >= 0.6 is 0 Å². The molecule has 2 aromatic rings. The predicted molar refractivity (Wildman–Crippen MR) is 120 cm³/mol. The van der Waals surface area contributed by atoms with Crippen LogP contribution in [0.25, 0.3) is 0 Å². The van der Waals surface area contributed by atoms with E-state index in [4.69, 9.17) is 14.2 Å². The topological polar surface area (TPSA) is 34.2 Å². The van der Waals surface area contributed by atoms with Crippen molar-refractivity contribution in [3.63, 3.8) is 0 Å². The molecule has 0 aliphatic carbocycles. The number of nitrogens with zero attached hydrogens (tertiary/aromatic N) is 2. The van der Waals surface area contributed by atoms with Crippen molar-refractivity contribution in [1.82, 2.24) is 9.80 Å². The molecule has 1 saturated heterocycles. The van der Waals surface area contributed by atoms with Gasteiger partial charge in [0.25, 0.3) is 0 Å². The van der Waals surface area contributed by atoms with Crippen LogP contribution in [-0.2, 0) is 11.3 Å². The molecule has 5 nitrogen and oxygen atoms in total. The molecule has 30 heavy (non-hydrogen) atoms. The summed E-state index contributed by atoms with van der Waals surface area (Å²) in [5.41, 5.74) is 4.06. The van der Waals surface area contributed by atoms with Crippen LogP contribution in [0.2, 0.25) is 0 Å². The Hall–Kier alpha value is -2.08. The van der Waals surface area contributed by atoms with E-state index in [2.05, 4.69) is 61.0 Å². The van der Waals surface area contributed by atoms with Crippen LogP contribution in [0.5, 0.6) is 11.5 Å². The van der Waals surface area contributed by atoms with E-state index in [1.165, 1.54) is 16.7 Å². The highest BCUT2D eigenvalue weighted by molar-refractivity contribution is 5.45. The lowest BCUT2D eigenvalue weighted by Gasteiger charge is -2.35. The molecule has 0 saturated carbocycles. The third kappa shape index (κ3) is 4.80. The van der Waals surface area contributed by atoms with Gasteiger partial charge in [0.1, 0.15) is 24.2 Å². The van der Waals surface area contributed by atoms with Crippen LogP contribution in [0.4, 0.5) is 0 Å². The van der Waals surface area contributed by atoms with Gasteiger partial charge in [-0.3, -0.25) is 4.90 Å². The Morgan fingerprint density at radius 3 is 2.57 bits per heavy atom. The largest absolute Gasteiger partial charge is 0.497 e. The smallest absolute Gasteiger partial charge is 0.119 e. The van der Waals surface area contributed by atoms with Crippen molar-refractivity contribution >= 4 is 0 Å². The summed E-state index contributed by atoms with van der Waals surface area (Å²) < 4.78 is 17.4. The van der Waals surface area contributed by atoms with Crippen LogP contribution in [0, 0.1) is 0 Å². The Morgan fingerprint density at radius 2 is 1.83 bits per heavy atom. The highest BCUT2D eigenvalue weighted by Crippen LogP contribution is 2.35. The third-order valence-corrected chi connectivity index (χ3v) is 6.28. The Bertz CT molecular complexity index is 837. The first-order chi connectivity index (χ1) is 14.5. The lowest BCUT2D eigenvalue weighted by atomic mass is 9.84. The lowest BCUT2D eigenvalue weighted by Crippen LogP contribution is -2.47. The fourth-order valence-electron chi connectivity index (χ4n) is 4.54. The van der Waals surface area contributed by atoms with Crippen molar-refractivity contribution in [2.45, 2.75) is 38.5 Å². The van der Waals surface area contributed by atoms with E-state index in [1.807, 2.05) is 12.1 Å². The predicted octanol–water partition coefficient (Wildman–Crippen LogP) is 3.76. The quantitative estimate of drug-likeness (QED) is 0.724. The lowest BCUT2D eigenvalue weighted by molar-refractivity contribution is -0.0564. The van der Waals surface area contributed by atoms with E-state index < -0.39 is 0 Å². The minimum atomic E-state index is 0.131. The van der Waals surface area contributed by atoms with E-state index in [0.29, 0.717) is 18.6 Å². The van der Waals surface area contributed by atoms with E-state index in [9.17, 15) is 0 Å². The maximum absolute atomic E-state index is 6.16. The number of rotatable bonds is 6. The number of methoxy groups -OCH3 is 1. The number of morpholine rings is 1. The maximum atomic E-state index is 6.16. The molecule has 2 atom stereocenters. The summed E-state index contributed by atoms with van der Waals surface area (Å²) in [7, 11) is 3.89. The summed E-state index contributed by atoms with van der Waals surface area (Å²) in [5, 5.41) is 0. The Balaban J connectivity index is 1.46. The molecule has 2 aliphatic rings. The molecule has 2 aliphatic heterocycles. The van der Waals surface area contributed by atoms with Crippen molar-refractivity contribution in [3.05, 3.63) is 59.2 Å². The number of hydrogen-bond acceptors (Lipinski definition) is 5. The van der Waals surface area contributed by atoms with Gasteiger partial charge in [-0.1, -0.05) is 18.2 Å². The second-order valence-electron chi connectivity index (χ2n) is 8.78. The molecule has 0 radical (unpaired) electrons. The first-order valence-electron chi connectivity index (χ1n) is 11.0. The van der Waals surface area contributed by atoms with E-state index in [0.717, 1.165) is 44.3 Å². The molecule has 0 amide bonds. The van der Waals surface area contributed by atoms with Gasteiger partial charge in [-0.2, -0.15) is 0 Å². The Labute approximate surface area is 180 Å². The van der Waals surface area contributed by atoms with E-state index >= 15 is 0 Å². The minimum absolute atomic E-state index is 0.131. The first kappa shape index (κ1) is 21.2. The average molecular weight is 411 g/mol. The summed E-state index contributed by atoms with van der Waals surface area (Å²) >= 11 is 0. The Kier molecular flexibility index (Phi) is 6.61. The van der Waals surface area contributed by atoms with Crippen LogP contribution in [0.3, 0.4) is 0 Å². The molecule has 0 spiro atoms. The third-order valence-electron chi connectivity index (χ3n) is 6.28. The number of ether oxygens (including phenoxy) is 3. The van der Waals surface area contributed by atoms with Gasteiger partial charge in [-0.05, 0) is 61.9 Å². The molecule has 5 heteroatoms. The summed E-state index contributed by atoms with van der Waals surface area (Å²) in [4.78, 5) is 4.84.